The van der Waals surface area contributed by atoms with Gasteiger partial charge in [-0.3, -0.25) is 10.1 Å². The smallest absolute Gasteiger partial charge is 0.272 e. The fraction of sp³-hybridized carbons (Fsp3) is 0.294. The molecule has 2 aromatic carbocycles. The lowest BCUT2D eigenvalue weighted by Gasteiger charge is -2.09. The molecular weight excluding hydrogens is 298 g/mol. The fourth-order valence-electron chi connectivity index (χ4n) is 2.03. The predicted molar refractivity (Wildman–Crippen MR) is 86.4 cm³/mol. The van der Waals surface area contributed by atoms with Gasteiger partial charge in [-0.05, 0) is 43.3 Å². The second-order valence-corrected chi connectivity index (χ2v) is 4.93. The number of nitro benzene ring substituents is 1. The van der Waals surface area contributed by atoms with Crippen LogP contribution in [0.5, 0.6) is 17.2 Å². The van der Waals surface area contributed by atoms with E-state index in [1.807, 2.05) is 24.3 Å². The average Bonchev–Trinajstić information content (AvgIpc) is 2.55. The van der Waals surface area contributed by atoms with Crippen LogP contribution in [-0.4, -0.2) is 25.2 Å². The van der Waals surface area contributed by atoms with Gasteiger partial charge in [-0.25, -0.2) is 0 Å². The number of aryl methyl sites for hydroxylation is 1. The first-order valence-electron chi connectivity index (χ1n) is 7.25. The van der Waals surface area contributed by atoms with Gasteiger partial charge in [0.1, 0.15) is 17.2 Å². The van der Waals surface area contributed by atoms with Crippen LogP contribution in [-0.2, 0) is 0 Å². The monoisotopic (exact) mass is 317 g/mol. The molecule has 0 fully saturated rings. The predicted octanol–water partition coefficient (Wildman–Crippen LogP) is 3.76. The summed E-state index contributed by atoms with van der Waals surface area (Å²) in [5, 5.41) is 10.7. The molecule has 122 valence electrons. The van der Waals surface area contributed by atoms with Crippen LogP contribution in [0, 0.1) is 17.0 Å². The molecule has 0 aromatic heterocycles. The Morgan fingerprint density at radius 3 is 2.09 bits per heavy atom. The third-order valence-electron chi connectivity index (χ3n) is 3.25. The summed E-state index contributed by atoms with van der Waals surface area (Å²) in [5.41, 5.74) is 0.683. The van der Waals surface area contributed by atoms with E-state index in [0.717, 1.165) is 11.5 Å². The standard InChI is InChI=1S/C17H19NO5/c1-13-12-16(8-9-17(13)18(19)20)23-11-3-10-22-15-6-4-14(21-2)5-7-15/h4-9,12H,3,10-11H2,1-2H3. The Morgan fingerprint density at radius 1 is 0.957 bits per heavy atom. The van der Waals surface area contributed by atoms with Crippen molar-refractivity contribution in [1.29, 1.82) is 0 Å². The van der Waals surface area contributed by atoms with Crippen LogP contribution in [0.15, 0.2) is 42.5 Å². The highest BCUT2D eigenvalue weighted by Crippen LogP contribution is 2.23. The van der Waals surface area contributed by atoms with E-state index < -0.39 is 4.92 Å². The summed E-state index contributed by atoms with van der Waals surface area (Å²) in [6.07, 6.45) is 0.710. The van der Waals surface area contributed by atoms with Crippen molar-refractivity contribution in [3.63, 3.8) is 0 Å². The lowest BCUT2D eigenvalue weighted by atomic mass is 10.2. The van der Waals surface area contributed by atoms with E-state index in [1.54, 1.807) is 26.2 Å². The van der Waals surface area contributed by atoms with E-state index in [0.29, 0.717) is 30.9 Å². The van der Waals surface area contributed by atoms with Gasteiger partial charge in [-0.15, -0.1) is 0 Å². The zero-order valence-corrected chi connectivity index (χ0v) is 13.2. The Morgan fingerprint density at radius 2 is 1.52 bits per heavy atom. The Kier molecular flexibility index (Phi) is 5.80. The topological polar surface area (TPSA) is 70.8 Å². The Labute approximate surface area is 134 Å². The largest absolute Gasteiger partial charge is 0.497 e. The molecule has 0 atom stereocenters. The van der Waals surface area contributed by atoms with E-state index in [-0.39, 0.29) is 5.69 Å². The number of nitrogens with zero attached hydrogens (tertiary/aromatic N) is 1. The molecule has 0 saturated heterocycles. The Balaban J connectivity index is 1.72. The fourth-order valence-corrected chi connectivity index (χ4v) is 2.03. The molecule has 0 amide bonds. The van der Waals surface area contributed by atoms with E-state index in [9.17, 15) is 10.1 Å². The zero-order chi connectivity index (χ0) is 16.7. The molecule has 0 spiro atoms. The number of methoxy groups -OCH3 is 1. The number of hydrogen-bond donors (Lipinski definition) is 0. The average molecular weight is 317 g/mol. The maximum atomic E-state index is 10.7. The number of rotatable bonds is 8. The van der Waals surface area contributed by atoms with Crippen LogP contribution in [0.4, 0.5) is 5.69 Å². The summed E-state index contributed by atoms with van der Waals surface area (Å²) in [5.74, 6) is 2.18. The van der Waals surface area contributed by atoms with Crippen LogP contribution >= 0.6 is 0 Å². The van der Waals surface area contributed by atoms with E-state index >= 15 is 0 Å². The lowest BCUT2D eigenvalue weighted by molar-refractivity contribution is -0.385. The van der Waals surface area contributed by atoms with Crippen molar-refractivity contribution in [2.24, 2.45) is 0 Å². The summed E-state index contributed by atoms with van der Waals surface area (Å²) < 4.78 is 16.2. The van der Waals surface area contributed by atoms with Crippen LogP contribution in [0.2, 0.25) is 0 Å². The van der Waals surface area contributed by atoms with Crippen molar-refractivity contribution in [2.45, 2.75) is 13.3 Å². The highest BCUT2D eigenvalue weighted by Gasteiger charge is 2.10. The van der Waals surface area contributed by atoms with Gasteiger partial charge in [-0.2, -0.15) is 0 Å². The second-order valence-electron chi connectivity index (χ2n) is 4.93. The quantitative estimate of drug-likeness (QED) is 0.421. The number of hydrogen-bond acceptors (Lipinski definition) is 5. The molecule has 0 unspecified atom stereocenters. The third-order valence-corrected chi connectivity index (χ3v) is 3.25. The van der Waals surface area contributed by atoms with Crippen molar-refractivity contribution >= 4 is 5.69 Å². The normalized spacial score (nSPS) is 10.2. The number of ether oxygens (including phenoxy) is 3. The van der Waals surface area contributed by atoms with Gasteiger partial charge in [0, 0.05) is 18.1 Å². The zero-order valence-electron chi connectivity index (χ0n) is 13.2. The van der Waals surface area contributed by atoms with Gasteiger partial charge in [-0.1, -0.05) is 0 Å². The van der Waals surface area contributed by atoms with Gasteiger partial charge in [0.15, 0.2) is 0 Å². The highest BCUT2D eigenvalue weighted by molar-refractivity contribution is 5.44. The first-order chi connectivity index (χ1) is 11.1. The molecule has 0 aliphatic rings. The van der Waals surface area contributed by atoms with E-state index in [4.69, 9.17) is 14.2 Å². The lowest BCUT2D eigenvalue weighted by Crippen LogP contribution is -2.05. The Hall–Kier alpha value is -2.76. The van der Waals surface area contributed by atoms with Crippen LogP contribution < -0.4 is 14.2 Å². The molecule has 23 heavy (non-hydrogen) atoms. The molecular formula is C17H19NO5. The van der Waals surface area contributed by atoms with Crippen LogP contribution in [0.1, 0.15) is 12.0 Å². The molecule has 0 heterocycles. The highest BCUT2D eigenvalue weighted by atomic mass is 16.6. The van der Waals surface area contributed by atoms with Gasteiger partial charge in [0.05, 0.1) is 25.2 Å². The van der Waals surface area contributed by atoms with Crippen molar-refractivity contribution in [3.8, 4) is 17.2 Å². The molecule has 6 nitrogen and oxygen atoms in total. The molecule has 2 rings (SSSR count). The molecule has 0 N–H and O–H groups in total. The molecule has 6 heteroatoms. The minimum Gasteiger partial charge on any atom is -0.497 e. The van der Waals surface area contributed by atoms with Crippen LogP contribution in [0.3, 0.4) is 0 Å². The molecule has 0 aliphatic carbocycles. The SMILES string of the molecule is COc1ccc(OCCCOc2ccc([N+](=O)[O-])c(C)c2)cc1. The van der Waals surface area contributed by atoms with Gasteiger partial charge in [0.25, 0.3) is 5.69 Å². The summed E-state index contributed by atoms with van der Waals surface area (Å²) in [6, 6.07) is 12.1. The van der Waals surface area contributed by atoms with Crippen LogP contribution in [0.25, 0.3) is 0 Å². The summed E-state index contributed by atoms with van der Waals surface area (Å²) in [4.78, 5) is 10.3. The maximum Gasteiger partial charge on any atom is 0.272 e. The van der Waals surface area contributed by atoms with Gasteiger partial charge >= 0.3 is 0 Å². The minimum atomic E-state index is -0.401. The van der Waals surface area contributed by atoms with Gasteiger partial charge < -0.3 is 14.2 Å². The molecule has 0 aliphatic heterocycles. The van der Waals surface area contributed by atoms with Crippen molar-refractivity contribution < 1.29 is 19.1 Å². The van der Waals surface area contributed by atoms with E-state index in [1.165, 1.54) is 6.07 Å². The molecule has 0 saturated carbocycles. The molecule has 0 radical (unpaired) electrons. The maximum absolute atomic E-state index is 10.7. The first kappa shape index (κ1) is 16.6. The van der Waals surface area contributed by atoms with E-state index in [2.05, 4.69) is 0 Å². The van der Waals surface area contributed by atoms with Crippen molar-refractivity contribution in [2.75, 3.05) is 20.3 Å². The second kappa shape index (κ2) is 8.03. The Bertz CT molecular complexity index is 655. The summed E-state index contributed by atoms with van der Waals surface area (Å²) in [7, 11) is 1.62. The minimum absolute atomic E-state index is 0.0974. The van der Waals surface area contributed by atoms with Crippen molar-refractivity contribution in [1.82, 2.24) is 0 Å². The number of benzene rings is 2. The van der Waals surface area contributed by atoms with Gasteiger partial charge in [0.2, 0.25) is 0 Å². The third kappa shape index (κ3) is 4.88. The number of nitro groups is 1. The van der Waals surface area contributed by atoms with Crippen molar-refractivity contribution in [3.05, 3.63) is 58.1 Å². The molecule has 0 bridgehead atoms. The first-order valence-corrected chi connectivity index (χ1v) is 7.25. The summed E-state index contributed by atoms with van der Waals surface area (Å²) >= 11 is 0. The molecule has 2 aromatic rings. The summed E-state index contributed by atoms with van der Waals surface area (Å²) in [6.45, 7) is 2.70.